The molecule has 3 N–H and O–H groups in total. The van der Waals surface area contributed by atoms with Gasteiger partial charge in [-0.15, -0.1) is 0 Å². The number of anilines is 1. The first-order chi connectivity index (χ1) is 9.34. The largest absolute Gasteiger partial charge is 0.396 e. The van der Waals surface area contributed by atoms with E-state index in [4.69, 9.17) is 5.11 Å². The molecule has 6 heteroatoms. The van der Waals surface area contributed by atoms with E-state index in [9.17, 15) is 8.42 Å². The SMILES string of the molecule is CC(C)(CCO)Nc1ccccc1S(=O)(=O)NC1CC1. The second-order valence-corrected chi connectivity index (χ2v) is 7.56. The van der Waals surface area contributed by atoms with Crippen molar-refractivity contribution in [3.8, 4) is 0 Å². The van der Waals surface area contributed by atoms with Crippen molar-refractivity contribution in [3.05, 3.63) is 24.3 Å². The predicted octanol–water partition coefficient (Wildman–Crippen LogP) is 1.70. The lowest BCUT2D eigenvalue weighted by Gasteiger charge is -2.28. The molecule has 1 aromatic carbocycles. The minimum absolute atomic E-state index is 0.0508. The third-order valence-electron chi connectivity index (χ3n) is 3.29. The Morgan fingerprint density at radius 3 is 2.55 bits per heavy atom. The quantitative estimate of drug-likeness (QED) is 0.716. The van der Waals surface area contributed by atoms with Crippen LogP contribution in [0.15, 0.2) is 29.2 Å². The first kappa shape index (κ1) is 15.3. The molecule has 0 bridgehead atoms. The van der Waals surface area contributed by atoms with Gasteiger partial charge >= 0.3 is 0 Å². The van der Waals surface area contributed by atoms with Crippen molar-refractivity contribution in [2.45, 2.75) is 49.6 Å². The van der Waals surface area contributed by atoms with Gasteiger partial charge in [0.25, 0.3) is 0 Å². The summed E-state index contributed by atoms with van der Waals surface area (Å²) in [6, 6.07) is 6.94. The Bertz CT molecular complexity index is 566. The van der Waals surface area contributed by atoms with Gasteiger partial charge in [-0.1, -0.05) is 12.1 Å². The van der Waals surface area contributed by atoms with Gasteiger partial charge in [0.2, 0.25) is 10.0 Å². The summed E-state index contributed by atoms with van der Waals surface area (Å²) in [5, 5.41) is 12.3. The van der Waals surface area contributed by atoms with Crippen LogP contribution in [0.1, 0.15) is 33.1 Å². The zero-order valence-corrected chi connectivity index (χ0v) is 12.7. The van der Waals surface area contributed by atoms with Crippen LogP contribution in [-0.4, -0.2) is 31.7 Å². The molecule has 2 rings (SSSR count). The van der Waals surface area contributed by atoms with Crippen molar-refractivity contribution < 1.29 is 13.5 Å². The van der Waals surface area contributed by atoms with Gasteiger partial charge in [0.15, 0.2) is 0 Å². The predicted molar refractivity (Wildman–Crippen MR) is 79.2 cm³/mol. The van der Waals surface area contributed by atoms with Crippen LogP contribution in [0.2, 0.25) is 0 Å². The average molecular weight is 298 g/mol. The van der Waals surface area contributed by atoms with Gasteiger partial charge in [-0.25, -0.2) is 13.1 Å². The van der Waals surface area contributed by atoms with Crippen molar-refractivity contribution in [2.75, 3.05) is 11.9 Å². The van der Waals surface area contributed by atoms with Crippen LogP contribution in [0.4, 0.5) is 5.69 Å². The highest BCUT2D eigenvalue weighted by Crippen LogP contribution is 2.28. The summed E-state index contributed by atoms with van der Waals surface area (Å²) in [7, 11) is -3.49. The van der Waals surface area contributed by atoms with E-state index < -0.39 is 10.0 Å². The Morgan fingerprint density at radius 2 is 1.95 bits per heavy atom. The van der Waals surface area contributed by atoms with Crippen molar-refractivity contribution in [2.24, 2.45) is 0 Å². The molecule has 1 aromatic rings. The number of para-hydroxylation sites is 1. The zero-order valence-electron chi connectivity index (χ0n) is 11.9. The van der Waals surface area contributed by atoms with Gasteiger partial charge in [0.1, 0.15) is 4.90 Å². The summed E-state index contributed by atoms with van der Waals surface area (Å²) in [5.74, 6) is 0. The van der Waals surface area contributed by atoms with Crippen LogP contribution in [0, 0.1) is 0 Å². The number of aliphatic hydroxyl groups excluding tert-OH is 1. The third-order valence-corrected chi connectivity index (χ3v) is 4.86. The fourth-order valence-corrected chi connectivity index (χ4v) is 3.46. The Kier molecular flexibility index (Phi) is 4.36. The smallest absolute Gasteiger partial charge is 0.242 e. The molecule has 0 radical (unpaired) electrons. The molecule has 1 aliphatic rings. The van der Waals surface area contributed by atoms with Gasteiger partial charge in [-0.3, -0.25) is 0 Å². The topological polar surface area (TPSA) is 78.4 Å². The fourth-order valence-electron chi connectivity index (χ4n) is 1.99. The van der Waals surface area contributed by atoms with Crippen LogP contribution in [-0.2, 0) is 10.0 Å². The van der Waals surface area contributed by atoms with Crippen LogP contribution in [0.3, 0.4) is 0 Å². The van der Waals surface area contributed by atoms with E-state index in [1.165, 1.54) is 0 Å². The summed E-state index contributed by atoms with van der Waals surface area (Å²) < 4.78 is 27.4. The Balaban J connectivity index is 2.25. The molecular weight excluding hydrogens is 276 g/mol. The molecule has 1 fully saturated rings. The normalized spacial score (nSPS) is 16.1. The van der Waals surface area contributed by atoms with Crippen LogP contribution >= 0.6 is 0 Å². The first-order valence-corrected chi connectivity index (χ1v) is 8.33. The van der Waals surface area contributed by atoms with E-state index in [0.717, 1.165) is 12.8 Å². The van der Waals surface area contributed by atoms with Crippen LogP contribution < -0.4 is 10.0 Å². The highest BCUT2D eigenvalue weighted by molar-refractivity contribution is 7.89. The number of hydrogen-bond acceptors (Lipinski definition) is 4. The summed E-state index contributed by atoms with van der Waals surface area (Å²) in [5.41, 5.74) is 0.194. The summed E-state index contributed by atoms with van der Waals surface area (Å²) in [6.45, 7) is 3.91. The molecule has 0 saturated heterocycles. The van der Waals surface area contributed by atoms with Gasteiger partial charge < -0.3 is 10.4 Å². The molecule has 0 amide bonds. The number of aliphatic hydroxyl groups is 1. The molecule has 0 atom stereocenters. The number of nitrogens with one attached hydrogen (secondary N) is 2. The second kappa shape index (κ2) is 5.71. The van der Waals surface area contributed by atoms with Gasteiger partial charge in [-0.05, 0) is 45.2 Å². The molecule has 1 aliphatic carbocycles. The Hall–Kier alpha value is -1.11. The van der Waals surface area contributed by atoms with E-state index in [2.05, 4.69) is 10.0 Å². The highest BCUT2D eigenvalue weighted by Gasteiger charge is 2.30. The van der Waals surface area contributed by atoms with Crippen molar-refractivity contribution in [1.82, 2.24) is 4.72 Å². The Morgan fingerprint density at radius 1 is 1.30 bits per heavy atom. The lowest BCUT2D eigenvalue weighted by molar-refractivity contribution is 0.260. The monoisotopic (exact) mass is 298 g/mol. The van der Waals surface area contributed by atoms with E-state index in [-0.39, 0.29) is 23.1 Å². The van der Waals surface area contributed by atoms with E-state index in [0.29, 0.717) is 12.1 Å². The number of benzene rings is 1. The molecule has 0 unspecified atom stereocenters. The summed E-state index contributed by atoms with van der Waals surface area (Å²) >= 11 is 0. The molecule has 0 aliphatic heterocycles. The average Bonchev–Trinajstić information content (AvgIpc) is 3.12. The van der Waals surface area contributed by atoms with E-state index in [1.54, 1.807) is 24.3 Å². The second-order valence-electron chi connectivity index (χ2n) is 5.87. The maximum atomic E-state index is 12.3. The van der Waals surface area contributed by atoms with Gasteiger partial charge in [-0.2, -0.15) is 0 Å². The minimum Gasteiger partial charge on any atom is -0.396 e. The lowest BCUT2D eigenvalue weighted by Crippen LogP contribution is -2.33. The van der Waals surface area contributed by atoms with Crippen LogP contribution in [0.25, 0.3) is 0 Å². The molecule has 112 valence electrons. The van der Waals surface area contributed by atoms with Gasteiger partial charge in [0, 0.05) is 18.2 Å². The number of hydrogen-bond donors (Lipinski definition) is 3. The number of rotatable bonds is 7. The molecule has 0 spiro atoms. The van der Waals surface area contributed by atoms with E-state index in [1.807, 2.05) is 13.8 Å². The van der Waals surface area contributed by atoms with Crippen LogP contribution in [0.5, 0.6) is 0 Å². The lowest BCUT2D eigenvalue weighted by atomic mass is 10.0. The third kappa shape index (κ3) is 3.94. The van der Waals surface area contributed by atoms with Crippen molar-refractivity contribution in [3.63, 3.8) is 0 Å². The summed E-state index contributed by atoms with van der Waals surface area (Å²) in [4.78, 5) is 0.262. The molecule has 5 nitrogen and oxygen atoms in total. The number of sulfonamides is 1. The standard InChI is InChI=1S/C14H22N2O3S/c1-14(2,9-10-17)15-12-5-3-4-6-13(12)20(18,19)16-11-7-8-11/h3-6,11,15-17H,7-10H2,1-2H3. The Labute approximate surface area is 120 Å². The van der Waals surface area contributed by atoms with E-state index >= 15 is 0 Å². The summed E-state index contributed by atoms with van der Waals surface area (Å²) in [6.07, 6.45) is 2.35. The molecule has 0 heterocycles. The molecule has 1 saturated carbocycles. The molecular formula is C14H22N2O3S. The molecule has 0 aromatic heterocycles. The van der Waals surface area contributed by atoms with Gasteiger partial charge in [0.05, 0.1) is 5.69 Å². The highest BCUT2D eigenvalue weighted by atomic mass is 32.2. The molecule has 20 heavy (non-hydrogen) atoms. The minimum atomic E-state index is -3.49. The maximum absolute atomic E-state index is 12.3. The zero-order chi connectivity index (χ0) is 14.8. The maximum Gasteiger partial charge on any atom is 0.242 e. The van der Waals surface area contributed by atoms with Crippen molar-refractivity contribution in [1.29, 1.82) is 0 Å². The fraction of sp³-hybridized carbons (Fsp3) is 0.571. The van der Waals surface area contributed by atoms with Crippen molar-refractivity contribution >= 4 is 15.7 Å². The first-order valence-electron chi connectivity index (χ1n) is 6.84.